The van der Waals surface area contributed by atoms with Crippen molar-refractivity contribution in [3.05, 3.63) is 83.2 Å². The topological polar surface area (TPSA) is 49.3 Å². The number of hydrogen-bond acceptors (Lipinski definition) is 3. The Balaban J connectivity index is 1.51. The molecular weight excluding hydrogens is 348 g/mol. The number of nitrogens with zero attached hydrogens (tertiary/aromatic N) is 2. The minimum absolute atomic E-state index is 0.0518. The summed E-state index contributed by atoms with van der Waals surface area (Å²) in [6, 6.07) is 20.2. The zero-order valence-electron chi connectivity index (χ0n) is 16.1. The number of hydrogen-bond donors (Lipinski definition) is 2. The summed E-state index contributed by atoms with van der Waals surface area (Å²) < 4.78 is 2.31. The van der Waals surface area contributed by atoms with Crippen molar-refractivity contribution in [3.8, 4) is 5.69 Å². The largest absolute Gasteiger partial charge is 0.318 e. The first-order valence-electron chi connectivity index (χ1n) is 9.79. The molecule has 5 nitrogen and oxygen atoms in total. The first kappa shape index (κ1) is 17.2. The van der Waals surface area contributed by atoms with Gasteiger partial charge in [-0.05, 0) is 55.7 Å². The van der Waals surface area contributed by atoms with E-state index in [1.807, 2.05) is 36.4 Å². The Hall–Kier alpha value is -2.89. The molecule has 5 rings (SSSR count). The van der Waals surface area contributed by atoms with E-state index in [0.29, 0.717) is 0 Å². The van der Waals surface area contributed by atoms with Gasteiger partial charge in [-0.1, -0.05) is 36.4 Å². The molecule has 2 unspecified atom stereocenters. The summed E-state index contributed by atoms with van der Waals surface area (Å²) in [5.41, 5.74) is 10.5. The van der Waals surface area contributed by atoms with Gasteiger partial charge in [0, 0.05) is 23.6 Å². The van der Waals surface area contributed by atoms with Gasteiger partial charge in [-0.25, -0.2) is 10.4 Å². The summed E-state index contributed by atoms with van der Waals surface area (Å²) in [7, 11) is 0. The molecule has 0 spiro atoms. The third kappa shape index (κ3) is 2.58. The molecule has 2 atom stereocenters. The van der Waals surface area contributed by atoms with Gasteiger partial charge in [0.05, 0.1) is 17.8 Å². The van der Waals surface area contributed by atoms with Gasteiger partial charge in [0.15, 0.2) is 0 Å². The number of hydrazine groups is 1. The van der Waals surface area contributed by atoms with E-state index in [2.05, 4.69) is 53.4 Å². The van der Waals surface area contributed by atoms with Gasteiger partial charge in [0.2, 0.25) is 5.91 Å². The Morgan fingerprint density at radius 3 is 2.14 bits per heavy atom. The molecule has 142 valence electrons. The maximum atomic E-state index is 13.2. The van der Waals surface area contributed by atoms with Gasteiger partial charge in [-0.2, -0.15) is 0 Å². The minimum Gasteiger partial charge on any atom is -0.318 e. The van der Waals surface area contributed by atoms with Crippen LogP contribution in [0.5, 0.6) is 0 Å². The smallest absolute Gasteiger partial charge is 0.247 e. The average molecular weight is 372 g/mol. The van der Waals surface area contributed by atoms with Crippen LogP contribution in [0.1, 0.15) is 22.5 Å². The predicted molar refractivity (Wildman–Crippen MR) is 110 cm³/mol. The van der Waals surface area contributed by atoms with Gasteiger partial charge in [0.25, 0.3) is 0 Å². The zero-order valence-corrected chi connectivity index (χ0v) is 16.1. The molecule has 0 aliphatic carbocycles. The number of nitrogens with one attached hydrogen (secondary N) is 2. The average Bonchev–Trinajstić information content (AvgIpc) is 3.06. The molecule has 0 radical (unpaired) electrons. The monoisotopic (exact) mass is 372 g/mol. The molecule has 0 saturated carbocycles. The van der Waals surface area contributed by atoms with Crippen molar-refractivity contribution in [2.24, 2.45) is 5.92 Å². The number of fused-ring (bicyclic) bond motifs is 2. The van der Waals surface area contributed by atoms with Crippen LogP contribution in [0, 0.1) is 19.8 Å². The lowest BCUT2D eigenvalue weighted by Crippen LogP contribution is -2.44. The second-order valence-electron chi connectivity index (χ2n) is 7.61. The Morgan fingerprint density at radius 2 is 1.46 bits per heavy atom. The molecule has 0 bridgehead atoms. The highest BCUT2D eigenvalue weighted by atomic mass is 16.2. The van der Waals surface area contributed by atoms with Crippen LogP contribution in [0.4, 0.5) is 5.69 Å². The van der Waals surface area contributed by atoms with Crippen molar-refractivity contribution in [2.45, 2.75) is 33.0 Å². The van der Waals surface area contributed by atoms with Crippen LogP contribution in [0.25, 0.3) is 5.69 Å². The van der Waals surface area contributed by atoms with Crippen LogP contribution in [-0.2, 0) is 17.8 Å². The molecule has 1 saturated heterocycles. The summed E-state index contributed by atoms with van der Waals surface area (Å²) in [4.78, 5) is 13.2. The molecule has 1 fully saturated rings. The third-order valence-electron chi connectivity index (χ3n) is 6.07. The summed E-state index contributed by atoms with van der Waals surface area (Å²) >= 11 is 0. The SMILES string of the molecule is Cc1c2c(c(C)n1-c1ccccc1)CC1C(=O)N(c3ccccc3)NC1NC2. The molecule has 28 heavy (non-hydrogen) atoms. The molecule has 3 heterocycles. The first-order chi connectivity index (χ1) is 13.6. The predicted octanol–water partition coefficient (Wildman–Crippen LogP) is 3.23. The third-order valence-corrected chi connectivity index (χ3v) is 6.07. The van der Waals surface area contributed by atoms with Crippen molar-refractivity contribution in [1.29, 1.82) is 0 Å². The molecule has 3 aromatic rings. The Bertz CT molecular complexity index is 1030. The maximum absolute atomic E-state index is 13.2. The Labute approximate surface area is 164 Å². The van der Waals surface area contributed by atoms with E-state index in [4.69, 9.17) is 0 Å². The molecule has 2 aliphatic rings. The van der Waals surface area contributed by atoms with E-state index in [0.717, 1.165) is 18.7 Å². The number of carbonyl (C=O) groups excluding carboxylic acids is 1. The fourth-order valence-electron chi connectivity index (χ4n) is 4.63. The number of amides is 1. The fraction of sp³-hybridized carbons (Fsp3) is 0.261. The Morgan fingerprint density at radius 1 is 0.857 bits per heavy atom. The van der Waals surface area contributed by atoms with Crippen molar-refractivity contribution in [3.63, 3.8) is 0 Å². The molecule has 5 heteroatoms. The first-order valence-corrected chi connectivity index (χ1v) is 9.79. The molecular formula is C23H24N4O. The van der Waals surface area contributed by atoms with E-state index in [1.54, 1.807) is 5.01 Å². The lowest BCUT2D eigenvalue weighted by Gasteiger charge is -2.18. The highest BCUT2D eigenvalue weighted by Gasteiger charge is 2.43. The lowest BCUT2D eigenvalue weighted by atomic mass is 9.96. The van der Waals surface area contributed by atoms with Crippen LogP contribution in [-0.4, -0.2) is 16.6 Å². The number of anilines is 1. The number of aromatic nitrogens is 1. The second kappa shape index (κ2) is 6.62. The number of para-hydroxylation sites is 2. The molecule has 2 aliphatic heterocycles. The number of rotatable bonds is 2. The van der Waals surface area contributed by atoms with Crippen molar-refractivity contribution < 1.29 is 4.79 Å². The summed E-state index contributed by atoms with van der Waals surface area (Å²) in [6.07, 6.45) is 0.693. The van der Waals surface area contributed by atoms with Crippen LogP contribution < -0.4 is 15.8 Å². The zero-order chi connectivity index (χ0) is 19.3. The van der Waals surface area contributed by atoms with E-state index in [1.165, 1.54) is 28.2 Å². The standard InChI is InChI=1S/C23H24N4O/c1-15-19-13-20-22(25-27(23(20)28)18-11-7-4-8-12-18)24-14-21(19)16(2)26(15)17-9-5-3-6-10-17/h3-12,20,22,24-25H,13-14H2,1-2H3. The van der Waals surface area contributed by atoms with E-state index >= 15 is 0 Å². The number of carbonyl (C=O) groups is 1. The normalized spacial score (nSPS) is 21.4. The van der Waals surface area contributed by atoms with Gasteiger partial charge in [0.1, 0.15) is 0 Å². The van der Waals surface area contributed by atoms with Crippen LogP contribution in [0.3, 0.4) is 0 Å². The second-order valence-corrected chi connectivity index (χ2v) is 7.61. The van der Waals surface area contributed by atoms with Crippen LogP contribution in [0.15, 0.2) is 60.7 Å². The molecule has 2 aromatic carbocycles. The lowest BCUT2D eigenvalue weighted by molar-refractivity contribution is -0.120. The van der Waals surface area contributed by atoms with Gasteiger partial charge in [-0.15, -0.1) is 0 Å². The van der Waals surface area contributed by atoms with Crippen molar-refractivity contribution >= 4 is 11.6 Å². The molecule has 1 amide bonds. The van der Waals surface area contributed by atoms with Crippen LogP contribution in [0.2, 0.25) is 0 Å². The fourth-order valence-corrected chi connectivity index (χ4v) is 4.63. The quantitative estimate of drug-likeness (QED) is 0.726. The van der Waals surface area contributed by atoms with Crippen LogP contribution >= 0.6 is 0 Å². The van der Waals surface area contributed by atoms with Gasteiger partial charge < -0.3 is 4.57 Å². The summed E-state index contributed by atoms with van der Waals surface area (Å²) in [5, 5.41) is 5.27. The molecule has 1 aromatic heterocycles. The Kier molecular flexibility index (Phi) is 4.07. The maximum Gasteiger partial charge on any atom is 0.247 e. The van der Waals surface area contributed by atoms with E-state index < -0.39 is 0 Å². The minimum atomic E-state index is -0.119. The summed E-state index contributed by atoms with van der Waals surface area (Å²) in [5.74, 6) is 0.00671. The van der Waals surface area contributed by atoms with E-state index in [-0.39, 0.29) is 18.0 Å². The highest BCUT2D eigenvalue weighted by molar-refractivity contribution is 5.97. The molecule has 2 N–H and O–H groups in total. The summed E-state index contributed by atoms with van der Waals surface area (Å²) in [6.45, 7) is 5.10. The van der Waals surface area contributed by atoms with Gasteiger partial charge in [-0.3, -0.25) is 10.1 Å². The number of benzene rings is 2. The van der Waals surface area contributed by atoms with Crippen molar-refractivity contribution in [2.75, 3.05) is 5.01 Å². The highest BCUT2D eigenvalue weighted by Crippen LogP contribution is 2.34. The van der Waals surface area contributed by atoms with Gasteiger partial charge >= 0.3 is 0 Å². The van der Waals surface area contributed by atoms with Crippen molar-refractivity contribution in [1.82, 2.24) is 15.3 Å². The van der Waals surface area contributed by atoms with E-state index in [9.17, 15) is 4.79 Å².